The van der Waals surface area contributed by atoms with Crippen LogP contribution in [0, 0.1) is 5.41 Å². The zero-order valence-electron chi connectivity index (χ0n) is 9.55. The second kappa shape index (κ2) is 4.55. The van der Waals surface area contributed by atoms with Gasteiger partial charge in [-0.25, -0.2) is 0 Å². The maximum atomic E-state index is 11.7. The number of carbonyl (C=O) groups is 2. The number of amides is 1. The van der Waals surface area contributed by atoms with Crippen molar-refractivity contribution in [2.24, 2.45) is 11.1 Å². The average Bonchev–Trinajstić information content (AvgIpc) is 2.00. The Morgan fingerprint density at radius 2 is 1.64 bits per heavy atom. The Morgan fingerprint density at radius 1 is 1.21 bits per heavy atom. The van der Waals surface area contributed by atoms with E-state index >= 15 is 0 Å². The van der Waals surface area contributed by atoms with E-state index in [1.165, 1.54) is 0 Å². The molecule has 0 aromatic carbocycles. The summed E-state index contributed by atoms with van der Waals surface area (Å²) in [7, 11) is 0. The number of nitrogens with two attached hydrogens (primary N) is 1. The van der Waals surface area contributed by atoms with Crippen LogP contribution in [0.25, 0.3) is 0 Å². The Morgan fingerprint density at radius 3 is 1.93 bits per heavy atom. The van der Waals surface area contributed by atoms with Crippen molar-refractivity contribution in [1.29, 1.82) is 0 Å². The van der Waals surface area contributed by atoms with Gasteiger partial charge < -0.3 is 11.1 Å². The predicted octanol–water partition coefficient (Wildman–Crippen LogP) is 0.453. The van der Waals surface area contributed by atoms with Crippen molar-refractivity contribution in [1.82, 2.24) is 5.32 Å². The van der Waals surface area contributed by atoms with Crippen molar-refractivity contribution < 1.29 is 9.59 Å². The lowest BCUT2D eigenvalue weighted by Gasteiger charge is -2.23. The SMILES string of the molecule is CC(N)C(=O)NC(C)C(=O)C(C)(C)C. The maximum absolute atomic E-state index is 11.7. The highest BCUT2D eigenvalue weighted by atomic mass is 16.2. The molecule has 0 aliphatic heterocycles. The van der Waals surface area contributed by atoms with Gasteiger partial charge in [0.15, 0.2) is 5.78 Å². The van der Waals surface area contributed by atoms with Gasteiger partial charge in [-0.3, -0.25) is 9.59 Å². The minimum absolute atomic E-state index is 0.00602. The van der Waals surface area contributed by atoms with Gasteiger partial charge in [0.2, 0.25) is 5.91 Å². The number of nitrogens with one attached hydrogen (secondary N) is 1. The van der Waals surface area contributed by atoms with Crippen molar-refractivity contribution in [3.63, 3.8) is 0 Å². The Balaban J connectivity index is 4.30. The van der Waals surface area contributed by atoms with Crippen LogP contribution < -0.4 is 11.1 Å². The fourth-order valence-electron chi connectivity index (χ4n) is 1.06. The average molecular weight is 200 g/mol. The number of ketones is 1. The molecule has 0 bridgehead atoms. The van der Waals surface area contributed by atoms with Gasteiger partial charge in [-0.2, -0.15) is 0 Å². The van der Waals surface area contributed by atoms with E-state index in [0.717, 1.165) is 0 Å². The van der Waals surface area contributed by atoms with Crippen LogP contribution in [0.1, 0.15) is 34.6 Å². The molecule has 2 unspecified atom stereocenters. The molecule has 0 fully saturated rings. The molecular formula is C10H20N2O2. The highest BCUT2D eigenvalue weighted by Crippen LogP contribution is 2.16. The summed E-state index contributed by atoms with van der Waals surface area (Å²) >= 11 is 0. The molecule has 2 atom stereocenters. The van der Waals surface area contributed by atoms with E-state index in [4.69, 9.17) is 5.73 Å². The quantitative estimate of drug-likeness (QED) is 0.695. The van der Waals surface area contributed by atoms with Crippen molar-refractivity contribution in [3.8, 4) is 0 Å². The lowest BCUT2D eigenvalue weighted by Crippen LogP contribution is -2.48. The van der Waals surface area contributed by atoms with Gasteiger partial charge in [0.05, 0.1) is 12.1 Å². The summed E-state index contributed by atoms with van der Waals surface area (Å²) < 4.78 is 0. The number of hydrogen-bond acceptors (Lipinski definition) is 3. The van der Waals surface area contributed by atoms with Gasteiger partial charge >= 0.3 is 0 Å². The van der Waals surface area contributed by atoms with Crippen molar-refractivity contribution in [3.05, 3.63) is 0 Å². The van der Waals surface area contributed by atoms with Crippen LogP contribution >= 0.6 is 0 Å². The molecule has 0 saturated heterocycles. The molecule has 4 nitrogen and oxygen atoms in total. The Kier molecular flexibility index (Phi) is 4.26. The van der Waals surface area contributed by atoms with Crippen molar-refractivity contribution >= 4 is 11.7 Å². The Hall–Kier alpha value is -0.900. The van der Waals surface area contributed by atoms with Crippen LogP contribution in [0.4, 0.5) is 0 Å². The van der Waals surface area contributed by atoms with E-state index in [0.29, 0.717) is 0 Å². The Labute approximate surface area is 85.2 Å². The topological polar surface area (TPSA) is 72.2 Å². The molecule has 1 amide bonds. The zero-order chi connectivity index (χ0) is 11.5. The van der Waals surface area contributed by atoms with Gasteiger partial charge in [-0.15, -0.1) is 0 Å². The molecule has 0 rings (SSSR count). The highest BCUT2D eigenvalue weighted by Gasteiger charge is 2.27. The van der Waals surface area contributed by atoms with Crippen LogP contribution in [-0.2, 0) is 9.59 Å². The number of carbonyl (C=O) groups excluding carboxylic acids is 2. The minimum Gasteiger partial charge on any atom is -0.345 e. The molecule has 0 aromatic heterocycles. The van der Waals surface area contributed by atoms with Gasteiger partial charge in [0, 0.05) is 5.41 Å². The molecule has 0 aliphatic rings. The van der Waals surface area contributed by atoms with E-state index in [1.54, 1.807) is 13.8 Å². The van der Waals surface area contributed by atoms with E-state index < -0.39 is 17.5 Å². The highest BCUT2D eigenvalue weighted by molar-refractivity contribution is 5.93. The molecule has 0 spiro atoms. The lowest BCUT2D eigenvalue weighted by molar-refractivity contribution is -0.132. The monoisotopic (exact) mass is 200 g/mol. The first kappa shape index (κ1) is 13.1. The van der Waals surface area contributed by atoms with Crippen LogP contribution in [0.2, 0.25) is 0 Å². The largest absolute Gasteiger partial charge is 0.345 e. The van der Waals surface area contributed by atoms with Gasteiger partial charge in [0.25, 0.3) is 0 Å². The molecule has 0 heterocycles. The van der Waals surface area contributed by atoms with Crippen LogP contribution in [0.15, 0.2) is 0 Å². The maximum Gasteiger partial charge on any atom is 0.237 e. The van der Waals surface area contributed by atoms with E-state index in [-0.39, 0.29) is 11.7 Å². The summed E-state index contributed by atoms with van der Waals surface area (Å²) in [6, 6.07) is -1.06. The standard InChI is InChI=1S/C10H20N2O2/c1-6(11)9(14)12-7(2)8(13)10(3,4)5/h6-7H,11H2,1-5H3,(H,12,14). The van der Waals surface area contributed by atoms with Crippen LogP contribution in [0.3, 0.4) is 0 Å². The third-order valence-corrected chi connectivity index (χ3v) is 1.90. The molecule has 3 N–H and O–H groups in total. The first-order valence-corrected chi connectivity index (χ1v) is 4.76. The van der Waals surface area contributed by atoms with Crippen molar-refractivity contribution in [2.75, 3.05) is 0 Å². The van der Waals surface area contributed by atoms with E-state index in [1.807, 2.05) is 20.8 Å². The van der Waals surface area contributed by atoms with E-state index in [9.17, 15) is 9.59 Å². The summed E-state index contributed by atoms with van der Waals surface area (Å²) in [5.41, 5.74) is 4.93. The summed E-state index contributed by atoms with van der Waals surface area (Å²) in [4.78, 5) is 22.9. The fraction of sp³-hybridized carbons (Fsp3) is 0.800. The molecular weight excluding hydrogens is 180 g/mol. The summed E-state index contributed by atoms with van der Waals surface area (Å²) in [5, 5.41) is 2.57. The molecule has 0 saturated carbocycles. The minimum atomic E-state index is -0.579. The molecule has 0 aliphatic carbocycles. The van der Waals surface area contributed by atoms with Crippen molar-refractivity contribution in [2.45, 2.75) is 46.7 Å². The number of Topliss-reactive ketones (excluding diaryl/α,β-unsaturated/α-hetero) is 1. The van der Waals surface area contributed by atoms with Crippen LogP contribution in [0.5, 0.6) is 0 Å². The van der Waals surface area contributed by atoms with Crippen LogP contribution in [-0.4, -0.2) is 23.8 Å². The Bertz CT molecular complexity index is 229. The fourth-order valence-corrected chi connectivity index (χ4v) is 1.06. The first-order chi connectivity index (χ1) is 6.16. The molecule has 0 aromatic rings. The predicted molar refractivity (Wildman–Crippen MR) is 55.7 cm³/mol. The molecule has 0 radical (unpaired) electrons. The van der Waals surface area contributed by atoms with E-state index in [2.05, 4.69) is 5.32 Å². The molecule has 14 heavy (non-hydrogen) atoms. The summed E-state index contributed by atoms with van der Waals surface area (Å²) in [6.07, 6.45) is 0. The van der Waals surface area contributed by atoms with Gasteiger partial charge in [0.1, 0.15) is 0 Å². The normalized spacial score (nSPS) is 15.9. The lowest BCUT2D eigenvalue weighted by atomic mass is 9.87. The smallest absolute Gasteiger partial charge is 0.237 e. The number of hydrogen-bond donors (Lipinski definition) is 2. The second-order valence-corrected chi connectivity index (χ2v) is 4.63. The third kappa shape index (κ3) is 3.87. The van der Waals surface area contributed by atoms with Gasteiger partial charge in [-0.05, 0) is 13.8 Å². The summed E-state index contributed by atoms with van der Waals surface area (Å²) in [5.74, 6) is -0.290. The third-order valence-electron chi connectivity index (χ3n) is 1.90. The molecule has 4 heteroatoms. The molecule has 82 valence electrons. The number of rotatable bonds is 3. The zero-order valence-corrected chi connectivity index (χ0v) is 9.55. The second-order valence-electron chi connectivity index (χ2n) is 4.63. The van der Waals surface area contributed by atoms with Gasteiger partial charge in [-0.1, -0.05) is 20.8 Å². The summed E-state index contributed by atoms with van der Waals surface area (Å²) in [6.45, 7) is 8.73. The first-order valence-electron chi connectivity index (χ1n) is 4.76.